The lowest BCUT2D eigenvalue weighted by atomic mass is 9.58. The molecular weight excluding hydrogens is 761 g/mol. The summed E-state index contributed by atoms with van der Waals surface area (Å²) < 4.78 is 0. The Hall–Kier alpha value is -4.56. The average molecular weight is 829 g/mol. The smallest absolute Gasteiger partial charge is 0.0548 e. The molecule has 13 rings (SSSR count). The van der Waals surface area contributed by atoms with E-state index in [-0.39, 0.29) is 5.41 Å². The SMILES string of the molecule is C1=CCCC(N(C2=CC3C=CC4CCCCC4C3C=C2)C2C=CC3C4C=CC=CC4C4(C5=C(CCC=C5)C5=C4CCCC5N(c4cccc5c4CCC=C5)C4CC=CCC4)C3C2)=C1. The van der Waals surface area contributed by atoms with E-state index in [2.05, 4.69) is 150 Å². The largest absolute Gasteiger partial charge is 0.361 e. The zero-order valence-corrected chi connectivity index (χ0v) is 37.5. The molecule has 12 aliphatic rings. The summed E-state index contributed by atoms with van der Waals surface area (Å²) in [7, 11) is 0. The molecule has 0 aromatic heterocycles. The first kappa shape index (κ1) is 38.9. The zero-order valence-electron chi connectivity index (χ0n) is 37.5. The molecular formula is C61H68N2. The quantitative estimate of drug-likeness (QED) is 0.264. The van der Waals surface area contributed by atoms with E-state index in [1.54, 1.807) is 28.0 Å². The Balaban J connectivity index is 0.942. The number of nitrogens with zero attached hydrogens (tertiary/aromatic N) is 2. The summed E-state index contributed by atoms with van der Waals surface area (Å²) in [6.07, 6.45) is 72.3. The van der Waals surface area contributed by atoms with Crippen molar-refractivity contribution in [2.24, 2.45) is 52.8 Å². The topological polar surface area (TPSA) is 6.48 Å². The van der Waals surface area contributed by atoms with Crippen molar-refractivity contribution in [3.8, 4) is 0 Å². The van der Waals surface area contributed by atoms with Crippen molar-refractivity contribution in [2.75, 3.05) is 4.90 Å². The highest BCUT2D eigenvalue weighted by molar-refractivity contribution is 5.72. The fraction of sp³-hybridized carbons (Fsp3) is 0.475. The molecule has 322 valence electrons. The van der Waals surface area contributed by atoms with E-state index in [9.17, 15) is 0 Å². The van der Waals surface area contributed by atoms with Crippen molar-refractivity contribution in [2.45, 2.75) is 127 Å². The van der Waals surface area contributed by atoms with Crippen LogP contribution in [0.15, 0.2) is 167 Å². The molecule has 1 spiro atoms. The van der Waals surface area contributed by atoms with Gasteiger partial charge in [0.2, 0.25) is 0 Å². The first-order chi connectivity index (χ1) is 31.3. The van der Waals surface area contributed by atoms with Gasteiger partial charge in [-0.1, -0.05) is 140 Å². The van der Waals surface area contributed by atoms with Gasteiger partial charge in [-0.3, -0.25) is 0 Å². The average Bonchev–Trinajstić information content (AvgIpc) is 3.82. The molecule has 2 fully saturated rings. The van der Waals surface area contributed by atoms with Crippen LogP contribution in [0, 0.1) is 52.8 Å². The van der Waals surface area contributed by atoms with Crippen LogP contribution in [-0.2, 0) is 6.42 Å². The maximum atomic E-state index is 3.05. The number of fused-ring (bicyclic) bond motifs is 12. The van der Waals surface area contributed by atoms with E-state index in [1.807, 2.05) is 5.57 Å². The lowest BCUT2D eigenvalue weighted by Gasteiger charge is -2.49. The van der Waals surface area contributed by atoms with Crippen molar-refractivity contribution in [3.05, 3.63) is 178 Å². The van der Waals surface area contributed by atoms with Crippen LogP contribution >= 0.6 is 0 Å². The lowest BCUT2D eigenvalue weighted by molar-refractivity contribution is 0.176. The molecule has 12 unspecified atom stereocenters. The monoisotopic (exact) mass is 829 g/mol. The minimum Gasteiger partial charge on any atom is -0.361 e. The Labute approximate surface area is 378 Å². The van der Waals surface area contributed by atoms with Gasteiger partial charge in [0.05, 0.1) is 12.1 Å². The molecule has 12 atom stereocenters. The number of rotatable bonds is 6. The number of benzene rings is 1. The fourth-order valence-electron chi connectivity index (χ4n) is 16.4. The van der Waals surface area contributed by atoms with Gasteiger partial charge in [-0.25, -0.2) is 0 Å². The first-order valence-electron chi connectivity index (χ1n) is 25.9. The summed E-state index contributed by atoms with van der Waals surface area (Å²) in [6, 6.07) is 8.58. The second kappa shape index (κ2) is 15.9. The number of allylic oxidation sites excluding steroid dienone is 20. The van der Waals surface area contributed by atoms with E-state index < -0.39 is 0 Å². The van der Waals surface area contributed by atoms with Gasteiger partial charge in [0, 0.05) is 34.5 Å². The van der Waals surface area contributed by atoms with Gasteiger partial charge in [-0.15, -0.1) is 0 Å². The molecule has 2 saturated carbocycles. The maximum absolute atomic E-state index is 3.05. The van der Waals surface area contributed by atoms with Crippen molar-refractivity contribution in [3.63, 3.8) is 0 Å². The summed E-state index contributed by atoms with van der Waals surface area (Å²) in [5.41, 5.74) is 14.8. The highest BCUT2D eigenvalue weighted by atomic mass is 15.2. The van der Waals surface area contributed by atoms with Crippen LogP contribution < -0.4 is 4.90 Å². The lowest BCUT2D eigenvalue weighted by Crippen LogP contribution is -2.48. The molecule has 2 nitrogen and oxygen atoms in total. The van der Waals surface area contributed by atoms with E-state index in [4.69, 9.17) is 0 Å². The van der Waals surface area contributed by atoms with Gasteiger partial charge in [-0.2, -0.15) is 0 Å². The first-order valence-corrected chi connectivity index (χ1v) is 25.9. The Morgan fingerprint density at radius 2 is 1.57 bits per heavy atom. The van der Waals surface area contributed by atoms with Gasteiger partial charge in [-0.05, 0) is 184 Å². The molecule has 1 aromatic rings. The fourth-order valence-corrected chi connectivity index (χ4v) is 16.4. The molecule has 0 bridgehead atoms. The number of hydrogen-bond acceptors (Lipinski definition) is 2. The third-order valence-corrected chi connectivity index (χ3v) is 18.7. The molecule has 0 N–H and O–H groups in total. The third-order valence-electron chi connectivity index (χ3n) is 18.7. The molecule has 2 heteroatoms. The van der Waals surface area contributed by atoms with Crippen LogP contribution in [0.2, 0.25) is 0 Å². The van der Waals surface area contributed by atoms with Crippen molar-refractivity contribution in [1.29, 1.82) is 0 Å². The summed E-state index contributed by atoms with van der Waals surface area (Å²) in [5.74, 6) is 4.90. The maximum Gasteiger partial charge on any atom is 0.0548 e. The Morgan fingerprint density at radius 1 is 0.651 bits per heavy atom. The zero-order chi connectivity index (χ0) is 41.5. The molecule has 0 heterocycles. The Bertz CT molecular complexity index is 2450. The van der Waals surface area contributed by atoms with Crippen LogP contribution in [0.5, 0.6) is 0 Å². The summed E-state index contributed by atoms with van der Waals surface area (Å²) in [4.78, 5) is 5.91. The summed E-state index contributed by atoms with van der Waals surface area (Å²) in [6.45, 7) is 0. The number of hydrogen-bond donors (Lipinski definition) is 0. The van der Waals surface area contributed by atoms with Gasteiger partial charge in [0.25, 0.3) is 0 Å². The number of anilines is 1. The van der Waals surface area contributed by atoms with Crippen LogP contribution in [0.25, 0.3) is 6.08 Å². The van der Waals surface area contributed by atoms with Crippen LogP contribution in [0.4, 0.5) is 5.69 Å². The predicted molar refractivity (Wildman–Crippen MR) is 262 cm³/mol. The second-order valence-electron chi connectivity index (χ2n) is 21.5. The molecule has 1 aromatic carbocycles. The van der Waals surface area contributed by atoms with Gasteiger partial charge < -0.3 is 9.80 Å². The van der Waals surface area contributed by atoms with E-state index in [1.165, 1.54) is 94.0 Å². The van der Waals surface area contributed by atoms with Crippen molar-refractivity contribution < 1.29 is 0 Å². The van der Waals surface area contributed by atoms with E-state index in [0.717, 1.165) is 43.9 Å². The van der Waals surface area contributed by atoms with Gasteiger partial charge in [0.15, 0.2) is 0 Å². The standard InChI is InChI=1S/C61H68N2/c1-3-20-44(21-4-1)62(46-35-37-49-43(39-46)34-33-42-18-7-9-24-48(42)49)47-36-38-52-51-26-11-13-28-54(51)61(57(52)40-47)55-29-14-12-27-53(55)60-56(61)30-16-32-59(60)63(45-22-5-2-6-23-45)58-31-15-19-41-17-8-10-25-50(41)58/h1-3,5,8,11,13-15,17,19-20,26,28-29,31,33-39,42-43,45,47-49,51-52,54,57,59H,4,6-7,9-10,12,16,18,21-25,27,30,32,40H2. The summed E-state index contributed by atoms with van der Waals surface area (Å²) >= 11 is 0. The predicted octanol–water partition coefficient (Wildman–Crippen LogP) is 14.6. The Morgan fingerprint density at radius 3 is 2.51 bits per heavy atom. The molecule has 0 aliphatic heterocycles. The normalized spacial score (nSPS) is 38.7. The van der Waals surface area contributed by atoms with E-state index >= 15 is 0 Å². The molecule has 0 amide bonds. The van der Waals surface area contributed by atoms with Crippen molar-refractivity contribution in [1.82, 2.24) is 4.90 Å². The highest BCUT2D eigenvalue weighted by Crippen LogP contribution is 2.72. The molecule has 0 saturated heterocycles. The van der Waals surface area contributed by atoms with Gasteiger partial charge in [0.1, 0.15) is 0 Å². The minimum absolute atomic E-state index is 0.0351. The molecule has 0 radical (unpaired) electrons. The second-order valence-corrected chi connectivity index (χ2v) is 21.5. The third kappa shape index (κ3) is 6.08. The van der Waals surface area contributed by atoms with Crippen LogP contribution in [-0.4, -0.2) is 23.0 Å². The summed E-state index contributed by atoms with van der Waals surface area (Å²) in [5, 5.41) is 0. The minimum atomic E-state index is 0.0351. The van der Waals surface area contributed by atoms with Crippen LogP contribution in [0.1, 0.15) is 114 Å². The highest BCUT2D eigenvalue weighted by Gasteiger charge is 2.65. The molecule has 63 heavy (non-hydrogen) atoms. The molecule has 12 aliphatic carbocycles. The Kier molecular flexibility index (Phi) is 9.78. The van der Waals surface area contributed by atoms with Crippen LogP contribution in [0.3, 0.4) is 0 Å². The van der Waals surface area contributed by atoms with Crippen molar-refractivity contribution >= 4 is 11.8 Å². The van der Waals surface area contributed by atoms with Gasteiger partial charge >= 0.3 is 0 Å². The van der Waals surface area contributed by atoms with E-state index in [0.29, 0.717) is 53.6 Å².